The van der Waals surface area contributed by atoms with Gasteiger partial charge >= 0.3 is 5.97 Å². The molecule has 0 aromatic heterocycles. The Kier molecular flexibility index (Phi) is 21.0. The molecule has 0 spiro atoms. The van der Waals surface area contributed by atoms with E-state index in [2.05, 4.69) is 5.32 Å². The van der Waals surface area contributed by atoms with Crippen LogP contribution in [0.25, 0.3) is 0 Å². The lowest BCUT2D eigenvalue weighted by Crippen LogP contribution is -2.61. The lowest BCUT2D eigenvalue weighted by atomic mass is 9.77. The van der Waals surface area contributed by atoms with Crippen molar-refractivity contribution < 1.29 is 67.9 Å². The summed E-state index contributed by atoms with van der Waals surface area (Å²) >= 11 is 1.80. The Morgan fingerprint density at radius 1 is 1.04 bits per heavy atom. The zero-order chi connectivity index (χ0) is 51.2. The number of benzene rings is 1. The number of likely N-dealkylation sites (N-methyl/N-ethyl adjacent to an activating group) is 2. The minimum Gasteiger partial charge on any atom is -0.448 e. The number of nitrogen functional groups attached to an aromatic ring is 1. The highest BCUT2D eigenvalue weighted by Crippen LogP contribution is 2.40. The highest BCUT2D eigenvalue weighted by molar-refractivity contribution is 14.1. The van der Waals surface area contributed by atoms with Crippen molar-refractivity contribution in [1.29, 1.82) is 5.41 Å². The molecule has 390 valence electrons. The molecular formula is C48H81FIN5O13. The van der Waals surface area contributed by atoms with Crippen molar-refractivity contribution >= 4 is 40.3 Å². The first-order valence-electron chi connectivity index (χ1n) is 23.8. The number of halogens is 2. The first kappa shape index (κ1) is 58.4. The molecule has 18 nitrogen and oxygen atoms in total. The molecule has 0 aliphatic carbocycles. The van der Waals surface area contributed by atoms with Gasteiger partial charge in [-0.15, -0.1) is 0 Å². The first-order chi connectivity index (χ1) is 31.6. The van der Waals surface area contributed by atoms with Gasteiger partial charge in [0.05, 0.1) is 47.6 Å². The van der Waals surface area contributed by atoms with Gasteiger partial charge < -0.3 is 74.8 Å². The number of nitrogens with one attached hydrogen (secondary N) is 2. The van der Waals surface area contributed by atoms with Crippen molar-refractivity contribution in [1.82, 2.24) is 15.1 Å². The Balaban J connectivity index is 1.64. The van der Waals surface area contributed by atoms with E-state index in [0.29, 0.717) is 18.5 Å². The number of amides is 1. The van der Waals surface area contributed by atoms with Gasteiger partial charge in [0.25, 0.3) is 0 Å². The highest BCUT2D eigenvalue weighted by atomic mass is 127. The van der Waals surface area contributed by atoms with Crippen LogP contribution < -0.4 is 11.1 Å². The molecule has 0 saturated carbocycles. The number of aliphatic hydroxyl groups excluding tert-OH is 3. The number of aliphatic hydroxyl groups is 5. The summed E-state index contributed by atoms with van der Waals surface area (Å²) in [5, 5.41) is 69.4. The summed E-state index contributed by atoms with van der Waals surface area (Å²) < 4.78 is 50.6. The molecule has 9 N–H and O–H groups in total. The predicted molar refractivity (Wildman–Crippen MR) is 261 cm³/mol. The number of carbonyl (C=O) groups excluding carboxylic acids is 2. The van der Waals surface area contributed by atoms with Gasteiger partial charge in [0.2, 0.25) is 5.91 Å². The van der Waals surface area contributed by atoms with Crippen molar-refractivity contribution in [2.24, 2.45) is 23.5 Å². The summed E-state index contributed by atoms with van der Waals surface area (Å²) in [6.07, 6.45) is -8.69. The van der Waals surface area contributed by atoms with E-state index in [-0.39, 0.29) is 49.9 Å². The van der Waals surface area contributed by atoms with Gasteiger partial charge in [-0.1, -0.05) is 38.1 Å². The number of amidine groups is 1. The van der Waals surface area contributed by atoms with Crippen LogP contribution in [0, 0.1) is 23.2 Å². The zero-order valence-electron chi connectivity index (χ0n) is 41.9. The van der Waals surface area contributed by atoms with E-state index in [1.807, 2.05) is 23.6 Å². The summed E-state index contributed by atoms with van der Waals surface area (Å²) in [7, 11) is 5.04. The van der Waals surface area contributed by atoms with Crippen molar-refractivity contribution in [3.8, 4) is 0 Å². The van der Waals surface area contributed by atoms with E-state index in [1.165, 1.54) is 14.0 Å². The largest absolute Gasteiger partial charge is 0.448 e. The Labute approximate surface area is 415 Å². The molecule has 0 unspecified atom stereocenters. The van der Waals surface area contributed by atoms with Crippen LogP contribution in [0.1, 0.15) is 99.1 Å². The molecule has 0 radical (unpaired) electrons. The second-order valence-electron chi connectivity index (χ2n) is 20.6. The van der Waals surface area contributed by atoms with Crippen molar-refractivity contribution in [3.63, 3.8) is 0 Å². The quantitative estimate of drug-likeness (QED) is 0.0438. The number of nitrogens with two attached hydrogens (primary N) is 1. The fourth-order valence-electron chi connectivity index (χ4n) is 10.1. The maximum absolute atomic E-state index is 14.3. The molecule has 4 rings (SSSR count). The molecule has 3 aliphatic rings. The normalized spacial score (nSPS) is 41.0. The number of hydrogen-bond acceptors (Lipinski definition) is 16. The number of rotatable bonds is 14. The first-order valence-corrected chi connectivity index (χ1v) is 25.0. The number of esters is 1. The minimum atomic E-state index is -1.88. The van der Waals surface area contributed by atoms with Crippen molar-refractivity contribution in [3.05, 3.63) is 35.4 Å². The summed E-state index contributed by atoms with van der Waals surface area (Å²) in [6.45, 7) is 15.1. The van der Waals surface area contributed by atoms with E-state index in [0.717, 1.165) is 5.56 Å². The summed E-state index contributed by atoms with van der Waals surface area (Å²) in [5.41, 5.74) is 2.21. The maximum atomic E-state index is 14.3. The lowest BCUT2D eigenvalue weighted by Gasteiger charge is -2.49. The number of cyclic esters (lactones) is 1. The van der Waals surface area contributed by atoms with Crippen LogP contribution in [0.5, 0.6) is 0 Å². The number of nitrogens with zero attached hydrogens (tertiary/aromatic N) is 2. The summed E-state index contributed by atoms with van der Waals surface area (Å²) in [5.74, 6) is -3.44. The Bertz CT molecular complexity index is 1800. The van der Waals surface area contributed by atoms with Crippen LogP contribution in [-0.4, -0.2) is 188 Å². The fourth-order valence-corrected chi connectivity index (χ4v) is 10.7. The van der Waals surface area contributed by atoms with Crippen LogP contribution in [-0.2, 0) is 44.4 Å². The number of hydrogen-bond donors (Lipinski definition) is 8. The Morgan fingerprint density at radius 3 is 2.26 bits per heavy atom. The van der Waals surface area contributed by atoms with Gasteiger partial charge in [0.1, 0.15) is 36.4 Å². The van der Waals surface area contributed by atoms with E-state index in [4.69, 9.17) is 39.6 Å². The minimum absolute atomic E-state index is 0.00186. The molecule has 3 saturated heterocycles. The van der Waals surface area contributed by atoms with Crippen LogP contribution in [0.15, 0.2) is 24.3 Å². The van der Waals surface area contributed by atoms with Gasteiger partial charge in [0, 0.05) is 56.6 Å². The van der Waals surface area contributed by atoms with Gasteiger partial charge in [-0.25, -0.2) is 4.39 Å². The van der Waals surface area contributed by atoms with E-state index < -0.39 is 119 Å². The molecule has 19 atom stereocenters. The topological polar surface area (TPSA) is 259 Å². The number of methoxy groups -OCH3 is 1. The standard InChI is InChI=1S/C48H81FIN5O13/c1-25-21-46(7,61)41(67-44-37(57)34(19-26(2)64-44)54(10)18-17-35(56)53-33(23-49)20-31-13-15-32(16-14-31)42(51)52)27(3)38(66-36-22-47(8,63-12)40(59)30(6)65-36)28(4)43(60)68-45(50)48(9,62)39(58)29(5)55(11)24-25/h13-16,25-30,33-34,36-41,44-45,57-59,61-62H,17-24H2,1-12H3,(H3,51,52)(H,53,56)/t25-,26-,27+,28-,29-,30+,33+,34+,36+,37-,38+,39-,40+,41-,44+,45+,46-,47-,48+/m1/s1. The maximum Gasteiger partial charge on any atom is 0.312 e. The van der Waals surface area contributed by atoms with Gasteiger partial charge in [-0.2, -0.15) is 0 Å². The third-order valence-electron chi connectivity index (χ3n) is 14.5. The monoisotopic (exact) mass is 1080 g/mol. The van der Waals surface area contributed by atoms with Crippen LogP contribution >= 0.6 is 22.6 Å². The molecular weight excluding hydrogens is 1000 g/mol. The van der Waals surface area contributed by atoms with Gasteiger partial charge in [-0.3, -0.25) is 15.0 Å². The molecule has 3 aliphatic heterocycles. The Morgan fingerprint density at radius 2 is 1.68 bits per heavy atom. The molecule has 20 heteroatoms. The zero-order valence-corrected chi connectivity index (χ0v) is 44.1. The highest BCUT2D eigenvalue weighted by Gasteiger charge is 2.53. The van der Waals surface area contributed by atoms with Crippen LogP contribution in [0.2, 0.25) is 0 Å². The van der Waals surface area contributed by atoms with Gasteiger partial charge in [0.15, 0.2) is 16.7 Å². The predicted octanol–water partition coefficient (Wildman–Crippen LogP) is 2.62. The third-order valence-corrected chi connectivity index (χ3v) is 16.0. The molecule has 3 heterocycles. The molecule has 1 aromatic carbocycles. The van der Waals surface area contributed by atoms with Crippen LogP contribution in [0.4, 0.5) is 4.39 Å². The second kappa shape index (κ2) is 24.5. The fraction of sp³-hybridized carbons (Fsp3) is 0.812. The number of carbonyl (C=O) groups is 2. The average Bonchev–Trinajstić information content (AvgIpc) is 3.27. The van der Waals surface area contributed by atoms with Gasteiger partial charge in [-0.05, 0) is 116 Å². The average molecular weight is 1080 g/mol. The smallest absolute Gasteiger partial charge is 0.312 e. The second-order valence-corrected chi connectivity index (χ2v) is 21.7. The molecule has 68 heavy (non-hydrogen) atoms. The summed E-state index contributed by atoms with van der Waals surface area (Å²) in [6, 6.07) is 4.86. The van der Waals surface area contributed by atoms with E-state index in [1.54, 1.807) is 102 Å². The third kappa shape index (κ3) is 14.5. The molecule has 3 fully saturated rings. The van der Waals surface area contributed by atoms with Crippen molar-refractivity contribution in [2.45, 2.75) is 189 Å². The molecule has 1 aromatic rings. The van der Waals surface area contributed by atoms with E-state index in [9.17, 15) is 39.5 Å². The molecule has 0 bridgehead atoms. The van der Waals surface area contributed by atoms with Crippen LogP contribution in [0.3, 0.4) is 0 Å². The molecule has 1 amide bonds. The number of ether oxygens (including phenoxy) is 6. The lowest BCUT2D eigenvalue weighted by molar-refractivity contribution is -0.318. The Hall–Kier alpha value is -2.19. The van der Waals surface area contributed by atoms with E-state index >= 15 is 0 Å². The number of alkyl halides is 2. The van der Waals surface area contributed by atoms with Crippen molar-refractivity contribution in [2.75, 3.05) is 41.0 Å². The SMILES string of the molecule is CO[C@]1(C)C[C@H](O[C@H]2[C@H](C)[C@@H](O[C@@H]3O[C@H](C)C[C@H](N(C)CCC(=O)N[C@H](CF)Cc4ccc(C(=N)N)cc4)[C@H]3O)[C@](C)(O)C[C@@H](C)CN(C)[C@H](C)[C@@H](O)[C@](C)(O)[C@@H](I)OC(=O)[C@@H]2C)O[C@@H](C)[C@@H]1O. The summed E-state index contributed by atoms with van der Waals surface area (Å²) in [4.78, 5) is 31.2.